The molecule has 0 amide bonds. The molecule has 1 aromatic heterocycles. The summed E-state index contributed by atoms with van der Waals surface area (Å²) in [6, 6.07) is 6.02. The number of aromatic nitrogens is 2. The maximum absolute atomic E-state index is 12.2. The molecule has 1 heterocycles. The Balaban J connectivity index is 2.39. The van der Waals surface area contributed by atoms with Gasteiger partial charge in [-0.2, -0.15) is 5.10 Å². The summed E-state index contributed by atoms with van der Waals surface area (Å²) in [5, 5.41) is 4.03. The largest absolute Gasteiger partial charge is 0.288 e. The number of benzene rings is 1. The van der Waals surface area contributed by atoms with Crippen LogP contribution in [0, 0.1) is 0 Å². The van der Waals surface area contributed by atoms with Crippen LogP contribution in [0.25, 0.3) is 0 Å². The van der Waals surface area contributed by atoms with Crippen LogP contribution in [0.1, 0.15) is 22.8 Å². The second kappa shape index (κ2) is 4.97. The predicted octanol–water partition coefficient (Wildman–Crippen LogP) is 1.54. The number of carbonyl (C=O) groups is 1. The fourth-order valence-electron chi connectivity index (χ4n) is 1.69. The Morgan fingerprint density at radius 3 is 2.63 bits per heavy atom. The fraction of sp³-hybridized carbons (Fsp3) is 0.231. The quantitative estimate of drug-likeness (QED) is 0.795. The normalized spacial score (nSPS) is 11.5. The molecule has 0 bridgehead atoms. The van der Waals surface area contributed by atoms with Gasteiger partial charge in [-0.15, -0.1) is 0 Å². The SMILES string of the molecule is CCn1cc(C(=O)c2cccc(S(C)(=O)=O)c2)cn1. The van der Waals surface area contributed by atoms with Gasteiger partial charge < -0.3 is 0 Å². The maximum atomic E-state index is 12.2. The predicted molar refractivity (Wildman–Crippen MR) is 70.9 cm³/mol. The van der Waals surface area contributed by atoms with E-state index in [0.29, 0.717) is 17.7 Å². The second-order valence-corrected chi connectivity index (χ2v) is 6.23. The van der Waals surface area contributed by atoms with Gasteiger partial charge in [0.15, 0.2) is 15.6 Å². The van der Waals surface area contributed by atoms with E-state index in [-0.39, 0.29) is 10.7 Å². The van der Waals surface area contributed by atoms with Crippen LogP contribution in [-0.4, -0.2) is 30.2 Å². The van der Waals surface area contributed by atoms with Crippen LogP contribution in [0.3, 0.4) is 0 Å². The number of aryl methyl sites for hydroxylation is 1. The molecule has 0 aliphatic rings. The first-order valence-electron chi connectivity index (χ1n) is 5.79. The molecular weight excluding hydrogens is 264 g/mol. The Bertz CT molecular complexity index is 717. The van der Waals surface area contributed by atoms with Gasteiger partial charge in [-0.05, 0) is 19.1 Å². The first kappa shape index (κ1) is 13.5. The van der Waals surface area contributed by atoms with E-state index in [0.717, 1.165) is 6.26 Å². The molecule has 19 heavy (non-hydrogen) atoms. The maximum Gasteiger partial charge on any atom is 0.196 e. The minimum atomic E-state index is -3.31. The zero-order chi connectivity index (χ0) is 14.0. The summed E-state index contributed by atoms with van der Waals surface area (Å²) < 4.78 is 24.6. The summed E-state index contributed by atoms with van der Waals surface area (Å²) in [6.07, 6.45) is 4.25. The third-order valence-corrected chi connectivity index (χ3v) is 3.85. The van der Waals surface area contributed by atoms with Crippen LogP contribution in [0.2, 0.25) is 0 Å². The van der Waals surface area contributed by atoms with Gasteiger partial charge in [0.05, 0.1) is 16.7 Å². The third kappa shape index (κ3) is 2.90. The Hall–Kier alpha value is -1.95. The summed E-state index contributed by atoms with van der Waals surface area (Å²) in [7, 11) is -3.31. The number of rotatable bonds is 4. The Kier molecular flexibility index (Phi) is 3.53. The van der Waals surface area contributed by atoms with Crippen molar-refractivity contribution in [2.45, 2.75) is 18.4 Å². The molecule has 6 heteroatoms. The van der Waals surface area contributed by atoms with E-state index >= 15 is 0 Å². The molecule has 0 spiro atoms. The van der Waals surface area contributed by atoms with Crippen LogP contribution in [0.4, 0.5) is 0 Å². The molecule has 100 valence electrons. The second-order valence-electron chi connectivity index (χ2n) is 4.21. The van der Waals surface area contributed by atoms with E-state index in [9.17, 15) is 13.2 Å². The first-order valence-corrected chi connectivity index (χ1v) is 7.68. The average molecular weight is 278 g/mol. The van der Waals surface area contributed by atoms with Gasteiger partial charge in [-0.3, -0.25) is 9.48 Å². The van der Waals surface area contributed by atoms with E-state index in [1.165, 1.54) is 18.3 Å². The lowest BCUT2D eigenvalue weighted by Crippen LogP contribution is -2.03. The summed E-state index contributed by atoms with van der Waals surface area (Å²) in [5.41, 5.74) is 0.797. The molecule has 2 aromatic rings. The van der Waals surface area contributed by atoms with Crippen LogP contribution in [0.5, 0.6) is 0 Å². The molecule has 5 nitrogen and oxygen atoms in total. The number of hydrogen-bond donors (Lipinski definition) is 0. The fourth-order valence-corrected chi connectivity index (χ4v) is 2.36. The standard InChI is InChI=1S/C13H14N2O3S/c1-3-15-9-11(8-14-15)13(16)10-5-4-6-12(7-10)19(2,17)18/h4-9H,3H2,1-2H3. The summed E-state index contributed by atoms with van der Waals surface area (Å²) in [6.45, 7) is 2.60. The van der Waals surface area contributed by atoms with Crippen molar-refractivity contribution in [2.75, 3.05) is 6.26 Å². The van der Waals surface area contributed by atoms with Crippen molar-refractivity contribution in [3.8, 4) is 0 Å². The zero-order valence-electron chi connectivity index (χ0n) is 10.7. The number of ketones is 1. The Morgan fingerprint density at radius 1 is 1.32 bits per heavy atom. The molecule has 0 radical (unpaired) electrons. The Morgan fingerprint density at radius 2 is 2.05 bits per heavy atom. The smallest absolute Gasteiger partial charge is 0.196 e. The molecule has 0 aliphatic heterocycles. The highest BCUT2D eigenvalue weighted by molar-refractivity contribution is 7.90. The van der Waals surface area contributed by atoms with Crippen LogP contribution in [-0.2, 0) is 16.4 Å². The Labute approximate surface area is 111 Å². The summed E-state index contributed by atoms with van der Waals surface area (Å²) in [5.74, 6) is -0.231. The summed E-state index contributed by atoms with van der Waals surface area (Å²) in [4.78, 5) is 12.3. The van der Waals surface area contributed by atoms with Crippen molar-refractivity contribution in [1.82, 2.24) is 9.78 Å². The van der Waals surface area contributed by atoms with E-state index in [1.54, 1.807) is 23.0 Å². The molecule has 2 rings (SSSR count). The highest BCUT2D eigenvalue weighted by Gasteiger charge is 2.14. The van der Waals surface area contributed by atoms with Crippen LogP contribution < -0.4 is 0 Å². The van der Waals surface area contributed by atoms with Gasteiger partial charge in [0.2, 0.25) is 0 Å². The molecule has 1 aromatic carbocycles. The first-order chi connectivity index (χ1) is 8.91. The van der Waals surface area contributed by atoms with E-state index in [1.807, 2.05) is 6.92 Å². The minimum Gasteiger partial charge on any atom is -0.288 e. The molecule has 0 atom stereocenters. The lowest BCUT2D eigenvalue weighted by Gasteiger charge is -2.01. The van der Waals surface area contributed by atoms with Crippen molar-refractivity contribution in [2.24, 2.45) is 0 Å². The van der Waals surface area contributed by atoms with Crippen molar-refractivity contribution >= 4 is 15.6 Å². The topological polar surface area (TPSA) is 69.0 Å². The van der Waals surface area contributed by atoms with E-state index in [4.69, 9.17) is 0 Å². The highest BCUT2D eigenvalue weighted by Crippen LogP contribution is 2.15. The monoisotopic (exact) mass is 278 g/mol. The average Bonchev–Trinajstić information content (AvgIpc) is 2.86. The van der Waals surface area contributed by atoms with Crippen molar-refractivity contribution in [1.29, 1.82) is 0 Å². The van der Waals surface area contributed by atoms with E-state index < -0.39 is 9.84 Å². The lowest BCUT2D eigenvalue weighted by molar-refractivity contribution is 0.103. The van der Waals surface area contributed by atoms with E-state index in [2.05, 4.69) is 5.10 Å². The molecule has 0 saturated heterocycles. The van der Waals surface area contributed by atoms with Gasteiger partial charge in [-0.25, -0.2) is 8.42 Å². The lowest BCUT2D eigenvalue weighted by atomic mass is 10.1. The van der Waals surface area contributed by atoms with Crippen molar-refractivity contribution in [3.05, 3.63) is 47.8 Å². The van der Waals surface area contributed by atoms with Crippen LogP contribution in [0.15, 0.2) is 41.6 Å². The van der Waals surface area contributed by atoms with Gasteiger partial charge in [0.25, 0.3) is 0 Å². The molecule has 0 unspecified atom stereocenters. The van der Waals surface area contributed by atoms with Crippen molar-refractivity contribution in [3.63, 3.8) is 0 Å². The van der Waals surface area contributed by atoms with Gasteiger partial charge >= 0.3 is 0 Å². The molecule has 0 fully saturated rings. The zero-order valence-corrected chi connectivity index (χ0v) is 11.5. The number of carbonyl (C=O) groups excluding carboxylic acids is 1. The van der Waals surface area contributed by atoms with Gasteiger partial charge in [0, 0.05) is 24.6 Å². The van der Waals surface area contributed by atoms with Gasteiger partial charge in [-0.1, -0.05) is 12.1 Å². The third-order valence-electron chi connectivity index (χ3n) is 2.74. The highest BCUT2D eigenvalue weighted by atomic mass is 32.2. The number of nitrogens with zero attached hydrogens (tertiary/aromatic N) is 2. The molecule has 0 aliphatic carbocycles. The molecule has 0 saturated carbocycles. The minimum absolute atomic E-state index is 0.140. The number of sulfone groups is 1. The molecule has 0 N–H and O–H groups in total. The molecular formula is C13H14N2O3S. The van der Waals surface area contributed by atoms with Gasteiger partial charge in [0.1, 0.15) is 0 Å². The van der Waals surface area contributed by atoms with Crippen molar-refractivity contribution < 1.29 is 13.2 Å². The van der Waals surface area contributed by atoms with Crippen LogP contribution >= 0.6 is 0 Å². The summed E-state index contributed by atoms with van der Waals surface area (Å²) >= 11 is 0. The number of hydrogen-bond acceptors (Lipinski definition) is 4.